The summed E-state index contributed by atoms with van der Waals surface area (Å²) in [6.07, 6.45) is 6.41. The number of rotatable bonds is 1. The van der Waals surface area contributed by atoms with E-state index in [0.29, 0.717) is 6.04 Å². The fourth-order valence-corrected chi connectivity index (χ4v) is 0.555. The molecule has 0 saturated carbocycles. The molecule has 1 rings (SSSR count). The normalized spacial score (nSPS) is 23.6. The van der Waals surface area contributed by atoms with Gasteiger partial charge in [-0.05, 0) is 14.1 Å². The van der Waals surface area contributed by atoms with Crippen molar-refractivity contribution >= 4 is 0 Å². The Hall–Kier alpha value is 0.167. The van der Waals surface area contributed by atoms with Gasteiger partial charge in [-0.3, -0.25) is 0 Å². The van der Waals surface area contributed by atoms with Gasteiger partial charge in [-0.2, -0.15) is 0 Å². The van der Waals surface area contributed by atoms with Crippen molar-refractivity contribution in [2.24, 2.45) is 0 Å². The fraction of sp³-hybridized carbons (Fsp3) is 0.500. The topological polar surface area (TPSA) is 3.24 Å². The van der Waals surface area contributed by atoms with E-state index in [0.717, 1.165) is 0 Å². The molecule has 0 bridgehead atoms. The van der Waals surface area contributed by atoms with Crippen molar-refractivity contribution in [2.45, 2.75) is 6.04 Å². The maximum atomic E-state index is 2.17. The predicted octanol–water partition coefficient (Wildman–Crippen LogP) is -2.31. The van der Waals surface area contributed by atoms with Gasteiger partial charge in [0.05, 0.1) is 0 Å². The van der Waals surface area contributed by atoms with Crippen molar-refractivity contribution < 1.29 is 18.9 Å². The molecule has 0 spiro atoms. The molecular formula is C6H10LiN. The third-order valence-electron chi connectivity index (χ3n) is 1.21. The van der Waals surface area contributed by atoms with Crippen LogP contribution in [0, 0.1) is 6.42 Å². The van der Waals surface area contributed by atoms with Crippen LogP contribution in [0.1, 0.15) is 0 Å². The Morgan fingerprint density at radius 1 is 1.50 bits per heavy atom. The van der Waals surface area contributed by atoms with E-state index in [2.05, 4.69) is 37.6 Å². The van der Waals surface area contributed by atoms with Crippen LogP contribution in [-0.4, -0.2) is 25.0 Å². The quantitative estimate of drug-likeness (QED) is 0.266. The molecular weight excluding hydrogens is 93.0 g/mol. The van der Waals surface area contributed by atoms with Crippen LogP contribution in [0.25, 0.3) is 0 Å². The van der Waals surface area contributed by atoms with E-state index in [-0.39, 0.29) is 18.9 Å². The van der Waals surface area contributed by atoms with Crippen LogP contribution >= 0.6 is 0 Å². The summed E-state index contributed by atoms with van der Waals surface area (Å²) in [5.74, 6) is 0. The molecule has 0 heterocycles. The molecule has 0 saturated heterocycles. The van der Waals surface area contributed by atoms with Crippen LogP contribution in [0.3, 0.4) is 0 Å². The largest absolute Gasteiger partial charge is 1.00 e. The van der Waals surface area contributed by atoms with Gasteiger partial charge in [0.1, 0.15) is 0 Å². The van der Waals surface area contributed by atoms with Gasteiger partial charge in [0.2, 0.25) is 0 Å². The Labute approximate surface area is 62.9 Å². The summed E-state index contributed by atoms with van der Waals surface area (Å²) in [7, 11) is 4.15. The summed E-state index contributed by atoms with van der Waals surface area (Å²) >= 11 is 0. The molecule has 0 amide bonds. The zero-order chi connectivity index (χ0) is 5.28. The Kier molecular flexibility index (Phi) is 3.31. The Bertz CT molecular complexity index is 88.5. The van der Waals surface area contributed by atoms with E-state index < -0.39 is 0 Å². The standard InChI is InChI=1S/C6H10N.Li/c1-7(2)6-4-3-5-6;/h3-6H,1-2H3;/q-1;+1. The maximum Gasteiger partial charge on any atom is 1.00 e. The average Bonchev–Trinajstić information content (AvgIpc) is 1.23. The summed E-state index contributed by atoms with van der Waals surface area (Å²) in [5, 5.41) is 0. The maximum absolute atomic E-state index is 2.17. The minimum Gasteiger partial charge on any atom is -0.332 e. The summed E-state index contributed by atoms with van der Waals surface area (Å²) in [5.41, 5.74) is 0. The summed E-state index contributed by atoms with van der Waals surface area (Å²) in [4.78, 5) is 2.17. The number of hydrogen-bond acceptors (Lipinski definition) is 1. The van der Waals surface area contributed by atoms with E-state index in [1.54, 1.807) is 0 Å². The molecule has 1 aliphatic carbocycles. The molecule has 40 valence electrons. The van der Waals surface area contributed by atoms with Gasteiger partial charge in [-0.25, -0.2) is 18.6 Å². The van der Waals surface area contributed by atoms with Gasteiger partial charge < -0.3 is 4.90 Å². The Morgan fingerprint density at radius 2 is 2.00 bits per heavy atom. The van der Waals surface area contributed by atoms with Crippen molar-refractivity contribution in [2.75, 3.05) is 14.1 Å². The second-order valence-electron chi connectivity index (χ2n) is 2.03. The fourth-order valence-electron chi connectivity index (χ4n) is 0.555. The van der Waals surface area contributed by atoms with Crippen LogP contribution in [0.15, 0.2) is 12.2 Å². The van der Waals surface area contributed by atoms with Crippen LogP contribution in [0.4, 0.5) is 0 Å². The van der Waals surface area contributed by atoms with Crippen LogP contribution < -0.4 is 18.9 Å². The van der Waals surface area contributed by atoms with Gasteiger partial charge in [0.25, 0.3) is 0 Å². The second-order valence-corrected chi connectivity index (χ2v) is 2.03. The number of nitrogens with zero attached hydrogens (tertiary/aromatic N) is 1. The first-order chi connectivity index (χ1) is 3.30. The molecule has 1 unspecified atom stereocenters. The first kappa shape index (κ1) is 8.17. The first-order valence-electron chi connectivity index (χ1n) is 2.49. The van der Waals surface area contributed by atoms with Crippen LogP contribution in [0.2, 0.25) is 0 Å². The molecule has 0 radical (unpaired) electrons. The van der Waals surface area contributed by atoms with E-state index >= 15 is 0 Å². The molecule has 0 fully saturated rings. The molecule has 0 aromatic rings. The van der Waals surface area contributed by atoms with Crippen molar-refractivity contribution in [3.05, 3.63) is 18.6 Å². The third kappa shape index (κ3) is 1.59. The smallest absolute Gasteiger partial charge is 0.332 e. The average molecular weight is 103 g/mol. The van der Waals surface area contributed by atoms with Crippen LogP contribution in [-0.2, 0) is 0 Å². The van der Waals surface area contributed by atoms with E-state index in [1.165, 1.54) is 0 Å². The van der Waals surface area contributed by atoms with Crippen molar-refractivity contribution in [3.63, 3.8) is 0 Å². The van der Waals surface area contributed by atoms with Gasteiger partial charge in [-0.1, -0.05) is 6.04 Å². The van der Waals surface area contributed by atoms with E-state index in [1.807, 2.05) is 0 Å². The minimum atomic E-state index is 0. The SMILES string of the molecule is CN(C)C1C=C[CH-]1.[Li+]. The molecule has 0 aromatic heterocycles. The second kappa shape index (κ2) is 3.24. The molecule has 8 heavy (non-hydrogen) atoms. The zero-order valence-electron chi connectivity index (χ0n) is 5.76. The predicted molar refractivity (Wildman–Crippen MR) is 30.9 cm³/mol. The third-order valence-corrected chi connectivity index (χ3v) is 1.21. The molecule has 1 aliphatic rings. The Morgan fingerprint density at radius 3 is 2.00 bits per heavy atom. The van der Waals surface area contributed by atoms with Gasteiger partial charge in [0, 0.05) is 0 Å². The van der Waals surface area contributed by atoms with Crippen molar-refractivity contribution in [1.82, 2.24) is 4.90 Å². The van der Waals surface area contributed by atoms with E-state index in [4.69, 9.17) is 0 Å². The summed E-state index contributed by atoms with van der Waals surface area (Å²) < 4.78 is 0. The van der Waals surface area contributed by atoms with Gasteiger partial charge in [0.15, 0.2) is 0 Å². The molecule has 1 nitrogen and oxygen atoms in total. The molecule has 1 atom stereocenters. The molecule has 0 N–H and O–H groups in total. The van der Waals surface area contributed by atoms with Crippen molar-refractivity contribution in [1.29, 1.82) is 0 Å². The molecule has 0 aromatic carbocycles. The number of hydrogen-bond donors (Lipinski definition) is 0. The summed E-state index contributed by atoms with van der Waals surface area (Å²) in [6, 6.07) is 0.611. The zero-order valence-corrected chi connectivity index (χ0v) is 5.76. The van der Waals surface area contributed by atoms with E-state index in [9.17, 15) is 0 Å². The molecule has 2 heteroatoms. The number of likely N-dealkylation sites (N-methyl/N-ethyl adjacent to an activating group) is 1. The van der Waals surface area contributed by atoms with Crippen molar-refractivity contribution in [3.8, 4) is 0 Å². The molecule has 0 aliphatic heterocycles. The van der Waals surface area contributed by atoms with Crippen LogP contribution in [0.5, 0.6) is 0 Å². The first-order valence-corrected chi connectivity index (χ1v) is 2.49. The minimum absolute atomic E-state index is 0. The monoisotopic (exact) mass is 103 g/mol. The Balaban J connectivity index is 0.000000490. The van der Waals surface area contributed by atoms with Gasteiger partial charge in [-0.15, -0.1) is 0 Å². The summed E-state index contributed by atoms with van der Waals surface area (Å²) in [6.45, 7) is 0. The van der Waals surface area contributed by atoms with Gasteiger partial charge >= 0.3 is 18.9 Å².